The molecule has 0 saturated heterocycles. The number of nitrogens with zero attached hydrogens (tertiary/aromatic N) is 2. The molecule has 0 aliphatic carbocycles. The Morgan fingerprint density at radius 2 is 1.92 bits per heavy atom. The molecule has 0 fully saturated rings. The molecule has 0 unspecified atom stereocenters. The zero-order chi connectivity index (χ0) is 18.0. The molecule has 0 aliphatic heterocycles. The van der Waals surface area contributed by atoms with Gasteiger partial charge in [0.15, 0.2) is 9.84 Å². The molecule has 130 valence electrons. The third-order valence-electron chi connectivity index (χ3n) is 3.73. The third-order valence-corrected chi connectivity index (χ3v) is 4.51. The molecule has 3 rings (SSSR count). The van der Waals surface area contributed by atoms with Crippen molar-refractivity contribution in [1.29, 1.82) is 0 Å². The van der Waals surface area contributed by atoms with E-state index < -0.39 is 9.84 Å². The lowest BCUT2D eigenvalue weighted by atomic mass is 10.2. The molecule has 7 heteroatoms. The summed E-state index contributed by atoms with van der Waals surface area (Å²) in [6, 6.07) is 14.8. The normalized spacial score (nSPS) is 11.6. The second kappa shape index (κ2) is 6.68. The van der Waals surface area contributed by atoms with Crippen molar-refractivity contribution >= 4 is 32.5 Å². The molecule has 1 N–H and O–H groups in total. The average molecular weight is 357 g/mol. The number of amides is 1. The molecule has 1 amide bonds. The van der Waals surface area contributed by atoms with Gasteiger partial charge in [0, 0.05) is 11.9 Å². The van der Waals surface area contributed by atoms with Gasteiger partial charge in [0.05, 0.1) is 11.0 Å². The van der Waals surface area contributed by atoms with Crippen molar-refractivity contribution in [2.45, 2.75) is 19.2 Å². The summed E-state index contributed by atoms with van der Waals surface area (Å²) in [5, 5.41) is 2.84. The molecule has 0 radical (unpaired) electrons. The second-order valence-corrected chi connectivity index (χ2v) is 8.23. The van der Waals surface area contributed by atoms with Crippen LogP contribution in [0, 0.1) is 6.92 Å². The van der Waals surface area contributed by atoms with E-state index in [1.807, 2.05) is 49.4 Å². The number of para-hydroxylation sites is 2. The Bertz CT molecular complexity index is 1040. The van der Waals surface area contributed by atoms with E-state index in [9.17, 15) is 13.2 Å². The summed E-state index contributed by atoms with van der Waals surface area (Å²) in [6.07, 6.45) is 1.16. The van der Waals surface area contributed by atoms with Gasteiger partial charge < -0.3 is 9.88 Å². The van der Waals surface area contributed by atoms with Crippen LogP contribution in [0.5, 0.6) is 0 Å². The first kappa shape index (κ1) is 17.2. The minimum Gasteiger partial charge on any atom is -0.325 e. The van der Waals surface area contributed by atoms with Gasteiger partial charge >= 0.3 is 0 Å². The van der Waals surface area contributed by atoms with Gasteiger partial charge in [-0.3, -0.25) is 4.79 Å². The summed E-state index contributed by atoms with van der Waals surface area (Å²) in [5.74, 6) is -0.0778. The van der Waals surface area contributed by atoms with Crippen LogP contribution in [0.15, 0.2) is 48.5 Å². The van der Waals surface area contributed by atoms with Crippen LogP contribution in [-0.2, 0) is 26.9 Å². The largest absolute Gasteiger partial charge is 0.325 e. The lowest BCUT2D eigenvalue weighted by molar-refractivity contribution is -0.116. The number of anilines is 1. The van der Waals surface area contributed by atoms with Gasteiger partial charge in [0.2, 0.25) is 5.91 Å². The van der Waals surface area contributed by atoms with Gasteiger partial charge in [-0.15, -0.1) is 0 Å². The monoisotopic (exact) mass is 357 g/mol. The number of imidazole rings is 1. The number of benzene rings is 2. The van der Waals surface area contributed by atoms with E-state index in [1.165, 1.54) is 0 Å². The molecule has 0 atom stereocenters. The fraction of sp³-hybridized carbons (Fsp3) is 0.222. The van der Waals surface area contributed by atoms with Crippen molar-refractivity contribution in [1.82, 2.24) is 9.55 Å². The van der Waals surface area contributed by atoms with E-state index in [4.69, 9.17) is 0 Å². The zero-order valence-corrected chi connectivity index (χ0v) is 14.9. The van der Waals surface area contributed by atoms with Crippen LogP contribution < -0.4 is 5.32 Å². The summed E-state index contributed by atoms with van der Waals surface area (Å²) >= 11 is 0. The molecule has 1 heterocycles. The number of sulfone groups is 1. The summed E-state index contributed by atoms with van der Waals surface area (Å²) in [7, 11) is -3.26. The fourth-order valence-electron chi connectivity index (χ4n) is 2.71. The van der Waals surface area contributed by atoms with Gasteiger partial charge in [0.1, 0.15) is 18.1 Å². The van der Waals surface area contributed by atoms with Gasteiger partial charge in [0.25, 0.3) is 0 Å². The molecule has 0 aliphatic rings. The predicted molar refractivity (Wildman–Crippen MR) is 98.1 cm³/mol. The number of carbonyl (C=O) groups is 1. The molecule has 0 spiro atoms. The van der Waals surface area contributed by atoms with Crippen LogP contribution in [0.3, 0.4) is 0 Å². The molecule has 6 nitrogen and oxygen atoms in total. The van der Waals surface area contributed by atoms with Gasteiger partial charge in [-0.1, -0.05) is 24.3 Å². The first-order chi connectivity index (χ1) is 11.8. The Morgan fingerprint density at radius 1 is 1.16 bits per heavy atom. The van der Waals surface area contributed by atoms with Crippen LogP contribution in [0.4, 0.5) is 5.69 Å². The number of carbonyl (C=O) groups excluding carboxylic acids is 1. The van der Waals surface area contributed by atoms with Crippen LogP contribution in [0.1, 0.15) is 11.4 Å². The summed E-state index contributed by atoms with van der Waals surface area (Å²) < 4.78 is 25.0. The fourth-order valence-corrected chi connectivity index (χ4v) is 3.40. The number of hydrogen-bond donors (Lipinski definition) is 1. The topological polar surface area (TPSA) is 81.1 Å². The smallest absolute Gasteiger partial charge is 0.244 e. The van der Waals surface area contributed by atoms with Crippen molar-refractivity contribution in [3.8, 4) is 0 Å². The molecular weight excluding hydrogens is 338 g/mol. The predicted octanol–water partition coefficient (Wildman–Crippen LogP) is 2.53. The maximum atomic E-state index is 12.4. The minimum atomic E-state index is -3.26. The number of nitrogens with one attached hydrogen (secondary N) is 1. The van der Waals surface area contributed by atoms with Crippen molar-refractivity contribution in [2.75, 3.05) is 11.6 Å². The van der Waals surface area contributed by atoms with Crippen LogP contribution in [0.2, 0.25) is 0 Å². The van der Waals surface area contributed by atoms with Gasteiger partial charge in [-0.2, -0.15) is 0 Å². The maximum absolute atomic E-state index is 12.4. The molecule has 0 saturated carbocycles. The summed E-state index contributed by atoms with van der Waals surface area (Å²) in [5.41, 5.74) is 3.16. The number of rotatable bonds is 5. The van der Waals surface area contributed by atoms with E-state index in [0.717, 1.165) is 17.3 Å². The highest BCUT2D eigenvalue weighted by molar-refractivity contribution is 7.89. The molecule has 1 aromatic heterocycles. The zero-order valence-electron chi connectivity index (χ0n) is 14.1. The van der Waals surface area contributed by atoms with E-state index in [-0.39, 0.29) is 18.2 Å². The first-order valence-corrected chi connectivity index (χ1v) is 9.86. The minimum absolute atomic E-state index is 0.000686. The van der Waals surface area contributed by atoms with E-state index in [2.05, 4.69) is 10.3 Å². The number of hydrogen-bond acceptors (Lipinski definition) is 4. The highest BCUT2D eigenvalue weighted by atomic mass is 32.2. The maximum Gasteiger partial charge on any atom is 0.244 e. The lowest BCUT2D eigenvalue weighted by Crippen LogP contribution is -2.21. The average Bonchev–Trinajstić information content (AvgIpc) is 2.83. The number of aryl methyl sites for hydroxylation is 1. The molecule has 3 aromatic rings. The SMILES string of the molecule is Cc1cccc(NC(=O)Cn2c(CS(C)(=O)=O)nc3ccccc32)c1. The number of fused-ring (bicyclic) bond motifs is 1. The first-order valence-electron chi connectivity index (χ1n) is 7.80. The highest BCUT2D eigenvalue weighted by Gasteiger charge is 2.17. The Morgan fingerprint density at radius 3 is 2.64 bits per heavy atom. The Balaban J connectivity index is 1.91. The Kier molecular flexibility index (Phi) is 4.59. The van der Waals surface area contributed by atoms with Crippen molar-refractivity contribution in [3.05, 3.63) is 59.9 Å². The van der Waals surface area contributed by atoms with E-state index in [0.29, 0.717) is 17.0 Å². The van der Waals surface area contributed by atoms with E-state index >= 15 is 0 Å². The summed E-state index contributed by atoms with van der Waals surface area (Å²) in [4.78, 5) is 16.8. The van der Waals surface area contributed by atoms with Crippen LogP contribution in [0.25, 0.3) is 11.0 Å². The third kappa shape index (κ3) is 4.24. The molecule has 2 aromatic carbocycles. The molecule has 0 bridgehead atoms. The number of aromatic nitrogens is 2. The highest BCUT2D eigenvalue weighted by Crippen LogP contribution is 2.18. The Labute approximate surface area is 146 Å². The van der Waals surface area contributed by atoms with Crippen LogP contribution >= 0.6 is 0 Å². The standard InChI is InChI=1S/C18H19N3O3S/c1-13-6-5-7-14(10-13)19-18(22)11-21-16-9-4-3-8-15(16)20-17(21)12-25(2,23)24/h3-10H,11-12H2,1-2H3,(H,19,22). The van der Waals surface area contributed by atoms with Crippen molar-refractivity contribution in [3.63, 3.8) is 0 Å². The lowest BCUT2D eigenvalue weighted by Gasteiger charge is -2.10. The summed E-state index contributed by atoms with van der Waals surface area (Å²) in [6.45, 7) is 1.95. The molecular formula is C18H19N3O3S. The Hall–Kier alpha value is -2.67. The quantitative estimate of drug-likeness (QED) is 0.761. The van der Waals surface area contributed by atoms with Crippen molar-refractivity contribution < 1.29 is 13.2 Å². The molecule has 25 heavy (non-hydrogen) atoms. The van der Waals surface area contributed by atoms with Gasteiger partial charge in [-0.25, -0.2) is 13.4 Å². The van der Waals surface area contributed by atoms with Crippen LogP contribution in [-0.4, -0.2) is 30.1 Å². The second-order valence-electron chi connectivity index (χ2n) is 6.09. The van der Waals surface area contributed by atoms with Gasteiger partial charge in [-0.05, 0) is 36.8 Å². The van der Waals surface area contributed by atoms with E-state index in [1.54, 1.807) is 10.6 Å². The van der Waals surface area contributed by atoms with Crippen molar-refractivity contribution in [2.24, 2.45) is 0 Å².